The van der Waals surface area contributed by atoms with Gasteiger partial charge in [0.2, 0.25) is 0 Å². The Bertz CT molecular complexity index is 183. The number of aliphatic hydroxyl groups is 1. The molecule has 0 heterocycles. The summed E-state index contributed by atoms with van der Waals surface area (Å²) in [6.45, 7) is 11.5. The normalized spacial score (nSPS) is 11.5. The van der Waals surface area contributed by atoms with Crippen molar-refractivity contribution in [1.29, 1.82) is 0 Å². The lowest BCUT2D eigenvalue weighted by Gasteiger charge is -2.37. The van der Waals surface area contributed by atoms with Gasteiger partial charge in [-0.25, -0.2) is 0 Å². The van der Waals surface area contributed by atoms with Crippen molar-refractivity contribution in [1.82, 2.24) is 0 Å². The summed E-state index contributed by atoms with van der Waals surface area (Å²) >= 11 is 0. The van der Waals surface area contributed by atoms with E-state index in [1.807, 2.05) is 13.8 Å². The van der Waals surface area contributed by atoms with E-state index in [9.17, 15) is 5.11 Å². The number of hydrogen-bond acceptors (Lipinski definition) is 5. The molecule has 4 N–H and O–H groups in total. The first-order valence-corrected chi connectivity index (χ1v) is 5.06. The van der Waals surface area contributed by atoms with E-state index >= 15 is 0 Å². The molecule has 96 valence electrons. The van der Waals surface area contributed by atoms with E-state index in [2.05, 4.69) is 6.58 Å². The van der Waals surface area contributed by atoms with E-state index in [1.165, 1.54) is 0 Å². The summed E-state index contributed by atoms with van der Waals surface area (Å²) in [5.74, 6) is 0. The molecule has 16 heavy (non-hydrogen) atoms. The molecular weight excluding hydrogens is 211 g/mol. The molecule has 0 bridgehead atoms. The molecule has 6 heteroatoms. The molecule has 0 spiro atoms. The zero-order valence-electron chi connectivity index (χ0n) is 10.5. The first-order chi connectivity index (χ1) is 7.04. The van der Waals surface area contributed by atoms with Crippen LogP contribution >= 0.6 is 0 Å². The smallest absolute Gasteiger partial charge is 0.402 e. The fourth-order valence-electron chi connectivity index (χ4n) is 0.574. The molecule has 0 saturated carbocycles. The summed E-state index contributed by atoms with van der Waals surface area (Å²) in [5, 5.41) is 31.2. The second-order valence-electron chi connectivity index (χ2n) is 4.34. The van der Waals surface area contributed by atoms with Crippen LogP contribution in [0, 0.1) is 0 Å². The van der Waals surface area contributed by atoms with Crippen molar-refractivity contribution in [3.05, 3.63) is 12.7 Å². The van der Waals surface area contributed by atoms with Gasteiger partial charge in [0, 0.05) is 0 Å². The average molecular weight is 234 g/mol. The van der Waals surface area contributed by atoms with Gasteiger partial charge in [0.15, 0.2) is 0 Å². The first kappa shape index (κ1) is 18.0. The highest BCUT2D eigenvalue weighted by atomic mass is 16.5. The summed E-state index contributed by atoms with van der Waals surface area (Å²) in [6.07, 6.45) is 2.62. The van der Waals surface area contributed by atoms with Crippen LogP contribution in [0.1, 0.15) is 34.1 Å². The van der Waals surface area contributed by atoms with Crippen molar-refractivity contribution >= 4 is 7.32 Å². The minimum absolute atomic E-state index is 0.504. The standard InChI is InChI=1S/C10H20O2.BH3O3/c1-6-7-8-12-10(4,5)9(2,3)11;2-1(3)4/h6,11H,1,7-8H2,2-5H3;2-4H. The molecule has 0 saturated heterocycles. The van der Waals surface area contributed by atoms with Crippen LogP contribution in [-0.4, -0.2) is 45.3 Å². The van der Waals surface area contributed by atoms with Crippen LogP contribution in [0.2, 0.25) is 0 Å². The third-order valence-electron chi connectivity index (χ3n) is 2.26. The molecule has 0 aromatic heterocycles. The first-order valence-electron chi connectivity index (χ1n) is 5.06. The predicted octanol–water partition coefficient (Wildman–Crippen LogP) is 0.0768. The van der Waals surface area contributed by atoms with Crippen molar-refractivity contribution in [2.24, 2.45) is 0 Å². The molecule has 0 aliphatic carbocycles. The topological polar surface area (TPSA) is 90.2 Å². The molecule has 0 atom stereocenters. The molecule has 0 aliphatic heterocycles. The second kappa shape index (κ2) is 7.81. The second-order valence-corrected chi connectivity index (χ2v) is 4.34. The molecule has 0 fully saturated rings. The SMILES string of the molecule is C=CCCOC(C)(C)C(C)(C)O.OB(O)O. The van der Waals surface area contributed by atoms with Gasteiger partial charge >= 0.3 is 7.32 Å². The van der Waals surface area contributed by atoms with Crippen LogP contribution in [0.3, 0.4) is 0 Å². The van der Waals surface area contributed by atoms with Gasteiger partial charge in [-0.15, -0.1) is 6.58 Å². The Kier molecular flexibility index (Phi) is 8.78. The zero-order chi connectivity index (χ0) is 13.4. The van der Waals surface area contributed by atoms with Gasteiger partial charge in [-0.1, -0.05) is 6.08 Å². The minimum atomic E-state index is -2.17. The molecule has 0 rings (SSSR count). The van der Waals surface area contributed by atoms with Crippen molar-refractivity contribution in [3.63, 3.8) is 0 Å². The van der Waals surface area contributed by atoms with Gasteiger partial charge in [0.1, 0.15) is 0 Å². The van der Waals surface area contributed by atoms with Crippen LogP contribution in [0.5, 0.6) is 0 Å². The number of ether oxygens (including phenoxy) is 1. The Labute approximate surface area is 97.6 Å². The lowest BCUT2D eigenvalue weighted by Crippen LogP contribution is -2.47. The van der Waals surface area contributed by atoms with Crippen LogP contribution in [-0.2, 0) is 4.74 Å². The van der Waals surface area contributed by atoms with Crippen LogP contribution in [0.15, 0.2) is 12.7 Å². The fourth-order valence-corrected chi connectivity index (χ4v) is 0.574. The summed E-state index contributed by atoms with van der Waals surface area (Å²) in [5.41, 5.74) is -1.32. The van der Waals surface area contributed by atoms with E-state index < -0.39 is 18.5 Å². The Hall–Kier alpha value is -0.395. The molecule has 5 nitrogen and oxygen atoms in total. The zero-order valence-corrected chi connectivity index (χ0v) is 10.5. The summed E-state index contributed by atoms with van der Waals surface area (Å²) in [7, 11) is -2.17. The third-order valence-corrected chi connectivity index (χ3v) is 2.26. The summed E-state index contributed by atoms with van der Waals surface area (Å²) in [6, 6.07) is 0. The van der Waals surface area contributed by atoms with Crippen molar-refractivity contribution < 1.29 is 24.9 Å². The van der Waals surface area contributed by atoms with Crippen molar-refractivity contribution in [2.45, 2.75) is 45.3 Å². The van der Waals surface area contributed by atoms with Crippen LogP contribution < -0.4 is 0 Å². The van der Waals surface area contributed by atoms with Gasteiger partial charge in [0.05, 0.1) is 17.8 Å². The quantitative estimate of drug-likeness (QED) is 0.307. The Morgan fingerprint density at radius 3 is 1.81 bits per heavy atom. The molecule has 0 aromatic rings. The predicted molar refractivity (Wildman–Crippen MR) is 63.6 cm³/mol. The molecule has 0 aromatic carbocycles. The van der Waals surface area contributed by atoms with Crippen molar-refractivity contribution in [3.8, 4) is 0 Å². The molecular formula is C10H23BO5. The maximum absolute atomic E-state index is 9.69. The van der Waals surface area contributed by atoms with E-state index in [-0.39, 0.29) is 0 Å². The molecule has 0 aliphatic rings. The maximum Gasteiger partial charge on any atom is 0.631 e. The van der Waals surface area contributed by atoms with E-state index in [4.69, 9.17) is 19.8 Å². The van der Waals surface area contributed by atoms with Gasteiger partial charge in [0.25, 0.3) is 0 Å². The maximum atomic E-state index is 9.69. The summed E-state index contributed by atoms with van der Waals surface area (Å²) < 4.78 is 5.51. The van der Waals surface area contributed by atoms with Crippen LogP contribution in [0.25, 0.3) is 0 Å². The highest BCUT2D eigenvalue weighted by Crippen LogP contribution is 2.24. The number of hydrogen-bond donors (Lipinski definition) is 4. The van der Waals surface area contributed by atoms with E-state index in [0.29, 0.717) is 6.61 Å². The van der Waals surface area contributed by atoms with Crippen LogP contribution in [0.4, 0.5) is 0 Å². The Morgan fingerprint density at radius 2 is 1.56 bits per heavy atom. The van der Waals surface area contributed by atoms with Crippen molar-refractivity contribution in [2.75, 3.05) is 6.61 Å². The van der Waals surface area contributed by atoms with E-state index in [0.717, 1.165) is 6.42 Å². The molecule has 0 unspecified atom stereocenters. The highest BCUT2D eigenvalue weighted by Gasteiger charge is 2.35. The van der Waals surface area contributed by atoms with E-state index in [1.54, 1.807) is 19.9 Å². The summed E-state index contributed by atoms with van der Waals surface area (Å²) in [4.78, 5) is 0. The molecule has 0 amide bonds. The third kappa shape index (κ3) is 10.1. The lowest BCUT2D eigenvalue weighted by molar-refractivity contribution is -0.146. The fraction of sp³-hybridized carbons (Fsp3) is 0.800. The van der Waals surface area contributed by atoms with Gasteiger partial charge in [-0.3, -0.25) is 0 Å². The Morgan fingerprint density at radius 1 is 1.19 bits per heavy atom. The largest absolute Gasteiger partial charge is 0.631 e. The average Bonchev–Trinajstić information content (AvgIpc) is 2.01. The van der Waals surface area contributed by atoms with Gasteiger partial charge in [-0.05, 0) is 34.1 Å². The lowest BCUT2D eigenvalue weighted by atomic mass is 9.89. The number of rotatable bonds is 5. The molecule has 0 radical (unpaired) electrons. The van der Waals surface area contributed by atoms with Gasteiger partial charge in [-0.2, -0.15) is 0 Å². The highest BCUT2D eigenvalue weighted by molar-refractivity contribution is 6.30. The monoisotopic (exact) mass is 234 g/mol. The Balaban J connectivity index is 0. The minimum Gasteiger partial charge on any atom is -0.402 e. The van der Waals surface area contributed by atoms with Gasteiger partial charge < -0.3 is 24.9 Å².